The number of hydrogen-bond acceptors (Lipinski definition) is 3. The SMILES string of the molecule is CC(=O)N(C)c1ccc(OCCC2NC[C@H]3CC[C@@H]23)cc1.Cl. The molecule has 1 saturated carbocycles. The maximum Gasteiger partial charge on any atom is 0.223 e. The van der Waals surface area contributed by atoms with Crippen LogP contribution < -0.4 is 15.0 Å². The minimum atomic E-state index is 0. The number of hydrogen-bond donors (Lipinski definition) is 1. The van der Waals surface area contributed by atoms with Crippen LogP contribution in [0.25, 0.3) is 0 Å². The van der Waals surface area contributed by atoms with Crippen LogP contribution >= 0.6 is 12.4 Å². The van der Waals surface area contributed by atoms with Gasteiger partial charge in [0.2, 0.25) is 5.91 Å². The highest BCUT2D eigenvalue weighted by Crippen LogP contribution is 2.41. The first kappa shape index (κ1) is 17.1. The number of ether oxygens (including phenoxy) is 1. The predicted molar refractivity (Wildman–Crippen MR) is 90.9 cm³/mol. The Morgan fingerprint density at radius 1 is 1.32 bits per heavy atom. The largest absolute Gasteiger partial charge is 0.494 e. The number of anilines is 1. The van der Waals surface area contributed by atoms with Crippen LogP contribution in [0.15, 0.2) is 24.3 Å². The number of nitrogens with one attached hydrogen (secondary N) is 1. The third kappa shape index (κ3) is 3.55. The lowest BCUT2D eigenvalue weighted by molar-refractivity contribution is -0.116. The molecular weight excluding hydrogens is 300 g/mol. The zero-order chi connectivity index (χ0) is 14.8. The number of benzene rings is 1. The molecule has 122 valence electrons. The van der Waals surface area contributed by atoms with Gasteiger partial charge in [-0.2, -0.15) is 0 Å². The van der Waals surface area contributed by atoms with Crippen molar-refractivity contribution in [1.29, 1.82) is 0 Å². The van der Waals surface area contributed by atoms with Gasteiger partial charge in [0.25, 0.3) is 0 Å². The van der Waals surface area contributed by atoms with E-state index in [1.165, 1.54) is 19.4 Å². The van der Waals surface area contributed by atoms with Crippen molar-refractivity contribution >= 4 is 24.0 Å². The first-order valence-electron chi connectivity index (χ1n) is 7.85. The van der Waals surface area contributed by atoms with Crippen LogP contribution in [0, 0.1) is 11.8 Å². The Bertz CT molecular complexity index is 506. The standard InChI is InChI=1S/C17H24N2O2.ClH/c1-12(20)19(2)14-4-6-15(7-5-14)21-10-9-17-16-8-3-13(16)11-18-17;/h4-7,13,16-18H,3,8-11H2,1-2H3;1H/t13-,16-,17?;/m1./s1. The van der Waals surface area contributed by atoms with Crippen molar-refractivity contribution in [1.82, 2.24) is 5.32 Å². The Hall–Kier alpha value is -1.26. The second-order valence-corrected chi connectivity index (χ2v) is 6.23. The van der Waals surface area contributed by atoms with E-state index in [2.05, 4.69) is 5.32 Å². The maximum absolute atomic E-state index is 11.3. The molecule has 1 aromatic carbocycles. The van der Waals surface area contributed by atoms with Crippen LogP contribution in [0.3, 0.4) is 0 Å². The molecular formula is C17H25ClN2O2. The molecule has 1 N–H and O–H groups in total. The molecule has 0 radical (unpaired) electrons. The number of halogens is 1. The molecule has 2 aliphatic rings. The van der Waals surface area contributed by atoms with E-state index in [9.17, 15) is 4.79 Å². The summed E-state index contributed by atoms with van der Waals surface area (Å²) >= 11 is 0. The molecule has 1 saturated heterocycles. The van der Waals surface area contributed by atoms with Gasteiger partial charge in [0.1, 0.15) is 5.75 Å². The fourth-order valence-corrected chi connectivity index (χ4v) is 3.40. The maximum atomic E-state index is 11.3. The minimum Gasteiger partial charge on any atom is -0.494 e. The van der Waals surface area contributed by atoms with E-state index in [-0.39, 0.29) is 18.3 Å². The average molecular weight is 325 g/mol. The highest BCUT2D eigenvalue weighted by atomic mass is 35.5. The molecule has 1 aliphatic heterocycles. The van der Waals surface area contributed by atoms with Crippen LogP contribution in [0.1, 0.15) is 26.2 Å². The van der Waals surface area contributed by atoms with Crippen LogP contribution in [0.5, 0.6) is 5.75 Å². The average Bonchev–Trinajstić information content (AvgIpc) is 2.72. The molecule has 0 spiro atoms. The van der Waals surface area contributed by atoms with Gasteiger partial charge < -0.3 is 15.0 Å². The minimum absolute atomic E-state index is 0. The van der Waals surface area contributed by atoms with Crippen LogP contribution in [-0.4, -0.2) is 32.1 Å². The summed E-state index contributed by atoms with van der Waals surface area (Å²) in [5.74, 6) is 2.72. The zero-order valence-corrected chi connectivity index (χ0v) is 14.1. The number of nitrogens with zero attached hydrogens (tertiary/aromatic N) is 1. The summed E-state index contributed by atoms with van der Waals surface area (Å²) < 4.78 is 5.83. The monoisotopic (exact) mass is 324 g/mol. The third-order valence-corrected chi connectivity index (χ3v) is 5.03. The van der Waals surface area contributed by atoms with Crippen molar-refractivity contribution in [2.45, 2.75) is 32.2 Å². The molecule has 3 rings (SSSR count). The molecule has 1 unspecified atom stereocenters. The molecule has 1 amide bonds. The molecule has 0 bridgehead atoms. The van der Waals surface area contributed by atoms with E-state index in [0.717, 1.165) is 36.3 Å². The molecule has 1 aromatic rings. The Morgan fingerprint density at radius 3 is 2.59 bits per heavy atom. The molecule has 1 aliphatic carbocycles. The van der Waals surface area contributed by atoms with Crippen LogP contribution in [-0.2, 0) is 4.79 Å². The zero-order valence-electron chi connectivity index (χ0n) is 13.2. The van der Waals surface area contributed by atoms with Crippen molar-refractivity contribution in [3.63, 3.8) is 0 Å². The second kappa shape index (κ2) is 7.34. The quantitative estimate of drug-likeness (QED) is 0.905. The predicted octanol–water partition coefficient (Wildman–Crippen LogP) is 2.86. The topological polar surface area (TPSA) is 41.6 Å². The van der Waals surface area contributed by atoms with Crippen molar-refractivity contribution < 1.29 is 9.53 Å². The van der Waals surface area contributed by atoms with Gasteiger partial charge in [0.05, 0.1) is 6.61 Å². The number of amides is 1. The summed E-state index contributed by atoms with van der Waals surface area (Å²) in [6, 6.07) is 8.36. The summed E-state index contributed by atoms with van der Waals surface area (Å²) in [6.07, 6.45) is 3.87. The third-order valence-electron chi connectivity index (χ3n) is 5.03. The highest BCUT2D eigenvalue weighted by molar-refractivity contribution is 5.90. The number of carbonyl (C=O) groups excluding carboxylic acids is 1. The first-order chi connectivity index (χ1) is 10.1. The Balaban J connectivity index is 0.00000176. The summed E-state index contributed by atoms with van der Waals surface area (Å²) in [5, 5.41) is 3.62. The fourth-order valence-electron chi connectivity index (χ4n) is 3.40. The summed E-state index contributed by atoms with van der Waals surface area (Å²) in [5.41, 5.74) is 0.893. The van der Waals surface area contributed by atoms with E-state index < -0.39 is 0 Å². The van der Waals surface area contributed by atoms with Gasteiger partial charge in [-0.05, 0) is 61.9 Å². The number of rotatable bonds is 5. The van der Waals surface area contributed by atoms with Crippen molar-refractivity contribution in [3.8, 4) is 5.75 Å². The molecule has 2 fully saturated rings. The van der Waals surface area contributed by atoms with E-state index >= 15 is 0 Å². The van der Waals surface area contributed by atoms with Gasteiger partial charge in [-0.3, -0.25) is 4.79 Å². The molecule has 1 heterocycles. The molecule has 0 aromatic heterocycles. The van der Waals surface area contributed by atoms with Crippen LogP contribution in [0.4, 0.5) is 5.69 Å². The number of fused-ring (bicyclic) bond motifs is 1. The molecule has 5 heteroatoms. The summed E-state index contributed by atoms with van der Waals surface area (Å²) in [6.45, 7) is 3.51. The Labute approximate surface area is 138 Å². The van der Waals surface area contributed by atoms with E-state index in [1.54, 1.807) is 18.9 Å². The Kier molecular flexibility index (Phi) is 5.70. The molecule has 22 heavy (non-hydrogen) atoms. The van der Waals surface area contributed by atoms with Gasteiger partial charge in [-0.25, -0.2) is 0 Å². The number of carbonyl (C=O) groups is 1. The van der Waals surface area contributed by atoms with Crippen molar-refractivity contribution in [3.05, 3.63) is 24.3 Å². The second-order valence-electron chi connectivity index (χ2n) is 6.23. The summed E-state index contributed by atoms with van der Waals surface area (Å²) in [7, 11) is 1.78. The lowest BCUT2D eigenvalue weighted by Gasteiger charge is -2.32. The lowest BCUT2D eigenvalue weighted by Crippen LogP contribution is -2.32. The Morgan fingerprint density at radius 2 is 2.05 bits per heavy atom. The van der Waals surface area contributed by atoms with E-state index in [4.69, 9.17) is 4.74 Å². The normalized spacial score (nSPS) is 25.6. The van der Waals surface area contributed by atoms with Crippen molar-refractivity contribution in [2.24, 2.45) is 11.8 Å². The van der Waals surface area contributed by atoms with Gasteiger partial charge in [-0.15, -0.1) is 12.4 Å². The highest BCUT2D eigenvalue weighted by Gasteiger charge is 2.41. The summed E-state index contributed by atoms with van der Waals surface area (Å²) in [4.78, 5) is 12.9. The van der Waals surface area contributed by atoms with Gasteiger partial charge >= 0.3 is 0 Å². The van der Waals surface area contributed by atoms with Gasteiger partial charge in [0, 0.05) is 25.7 Å². The smallest absolute Gasteiger partial charge is 0.223 e. The first-order valence-corrected chi connectivity index (χ1v) is 7.85. The molecule has 4 nitrogen and oxygen atoms in total. The van der Waals surface area contributed by atoms with Gasteiger partial charge in [0.15, 0.2) is 0 Å². The van der Waals surface area contributed by atoms with Gasteiger partial charge in [-0.1, -0.05) is 0 Å². The van der Waals surface area contributed by atoms with Crippen molar-refractivity contribution in [2.75, 3.05) is 25.1 Å². The lowest BCUT2D eigenvalue weighted by atomic mass is 9.72. The van der Waals surface area contributed by atoms with Crippen LogP contribution in [0.2, 0.25) is 0 Å². The fraction of sp³-hybridized carbons (Fsp3) is 0.588. The molecule has 3 atom stereocenters. The van der Waals surface area contributed by atoms with E-state index in [1.807, 2.05) is 24.3 Å². The van der Waals surface area contributed by atoms with E-state index in [0.29, 0.717) is 6.04 Å².